The summed E-state index contributed by atoms with van der Waals surface area (Å²) in [5.74, 6) is 0. The Hall–Kier alpha value is -0.720. The lowest BCUT2D eigenvalue weighted by molar-refractivity contribution is 0.657. The maximum absolute atomic E-state index is 3.68. The van der Waals surface area contributed by atoms with Gasteiger partial charge >= 0.3 is 0 Å². The minimum atomic E-state index is 1.26. The van der Waals surface area contributed by atoms with E-state index in [1.54, 1.807) is 16.8 Å². The number of H-pyrrole nitrogens is 1. The number of hydrogen-bond acceptors (Lipinski definition) is 0. The van der Waals surface area contributed by atoms with Crippen LogP contribution in [0, 0.1) is 6.92 Å². The van der Waals surface area contributed by atoms with Crippen LogP contribution in [0.5, 0.6) is 0 Å². The second-order valence-electron chi connectivity index (χ2n) is 5.20. The van der Waals surface area contributed by atoms with Crippen LogP contribution in [0.1, 0.15) is 68.0 Å². The van der Waals surface area contributed by atoms with Gasteiger partial charge < -0.3 is 4.98 Å². The normalized spacial score (nSPS) is 15.1. The van der Waals surface area contributed by atoms with Crippen molar-refractivity contribution in [3.63, 3.8) is 0 Å². The highest BCUT2D eigenvalue weighted by atomic mass is 14.7. The Balaban J connectivity index is 1.96. The van der Waals surface area contributed by atoms with Crippen molar-refractivity contribution in [3.8, 4) is 0 Å². The fourth-order valence-electron chi connectivity index (χ4n) is 2.89. The van der Waals surface area contributed by atoms with Gasteiger partial charge in [0, 0.05) is 11.4 Å². The Bertz CT molecular complexity index is 335. The van der Waals surface area contributed by atoms with E-state index >= 15 is 0 Å². The van der Waals surface area contributed by atoms with Crippen LogP contribution in [-0.2, 0) is 19.3 Å². The molecule has 0 aliphatic heterocycles. The monoisotopic (exact) mass is 219 g/mol. The minimum Gasteiger partial charge on any atom is -0.362 e. The molecule has 0 bridgehead atoms. The highest BCUT2D eigenvalue weighted by molar-refractivity contribution is 5.37. The molecule has 1 heterocycles. The standard InChI is InChI=1S/C15H25N/c1-3-4-5-6-10-14-12(2)13-9-7-8-11-15(13)16-14/h16H,3-11H2,1-2H3. The van der Waals surface area contributed by atoms with Crippen molar-refractivity contribution in [2.75, 3.05) is 0 Å². The Kier molecular flexibility index (Phi) is 4.09. The molecule has 90 valence electrons. The second-order valence-corrected chi connectivity index (χ2v) is 5.20. The largest absolute Gasteiger partial charge is 0.362 e. The molecule has 0 fully saturated rings. The number of aryl methyl sites for hydroxylation is 2. The molecule has 0 saturated carbocycles. The molecule has 1 aliphatic rings. The highest BCUT2D eigenvalue weighted by Crippen LogP contribution is 2.27. The molecule has 16 heavy (non-hydrogen) atoms. The summed E-state index contributed by atoms with van der Waals surface area (Å²) in [6, 6.07) is 0. The molecule has 1 nitrogen and oxygen atoms in total. The summed E-state index contributed by atoms with van der Waals surface area (Å²) in [5.41, 5.74) is 6.31. The molecule has 1 N–H and O–H groups in total. The van der Waals surface area contributed by atoms with E-state index in [9.17, 15) is 0 Å². The van der Waals surface area contributed by atoms with Crippen LogP contribution < -0.4 is 0 Å². The van der Waals surface area contributed by atoms with Crippen LogP contribution in [-0.4, -0.2) is 4.98 Å². The zero-order chi connectivity index (χ0) is 11.4. The topological polar surface area (TPSA) is 15.8 Å². The fraction of sp³-hybridized carbons (Fsp3) is 0.733. The number of unbranched alkanes of at least 4 members (excludes halogenated alkanes) is 3. The first-order valence-electron chi connectivity index (χ1n) is 7.02. The van der Waals surface area contributed by atoms with Gasteiger partial charge in [-0.05, 0) is 56.6 Å². The highest BCUT2D eigenvalue weighted by Gasteiger charge is 2.16. The first-order valence-corrected chi connectivity index (χ1v) is 7.02. The molecule has 0 spiro atoms. The van der Waals surface area contributed by atoms with Crippen LogP contribution >= 0.6 is 0 Å². The maximum atomic E-state index is 3.68. The van der Waals surface area contributed by atoms with Crippen molar-refractivity contribution in [1.29, 1.82) is 0 Å². The van der Waals surface area contributed by atoms with Crippen LogP contribution in [0.15, 0.2) is 0 Å². The lowest BCUT2D eigenvalue weighted by Gasteiger charge is -2.10. The minimum absolute atomic E-state index is 1.26. The third-order valence-corrected chi connectivity index (χ3v) is 3.96. The SMILES string of the molecule is CCCCCCc1[nH]c2c(c1C)CCCC2. The fourth-order valence-corrected chi connectivity index (χ4v) is 2.89. The van der Waals surface area contributed by atoms with Gasteiger partial charge in [-0.15, -0.1) is 0 Å². The zero-order valence-corrected chi connectivity index (χ0v) is 10.9. The number of hydrogen-bond donors (Lipinski definition) is 1. The average molecular weight is 219 g/mol. The van der Waals surface area contributed by atoms with Gasteiger partial charge in [0.2, 0.25) is 0 Å². The lowest BCUT2D eigenvalue weighted by atomic mass is 9.94. The first kappa shape index (κ1) is 11.8. The molecule has 0 atom stereocenters. The van der Waals surface area contributed by atoms with Gasteiger partial charge in [0.1, 0.15) is 0 Å². The predicted molar refractivity (Wildman–Crippen MR) is 70.0 cm³/mol. The van der Waals surface area contributed by atoms with E-state index in [4.69, 9.17) is 0 Å². The van der Waals surface area contributed by atoms with Gasteiger partial charge in [0.25, 0.3) is 0 Å². The molecule has 1 aromatic rings. The molecular weight excluding hydrogens is 194 g/mol. The van der Waals surface area contributed by atoms with Crippen molar-refractivity contribution in [3.05, 3.63) is 22.5 Å². The van der Waals surface area contributed by atoms with E-state index < -0.39 is 0 Å². The summed E-state index contributed by atoms with van der Waals surface area (Å²) in [5, 5.41) is 0. The van der Waals surface area contributed by atoms with Gasteiger partial charge in [0.05, 0.1) is 0 Å². The summed E-state index contributed by atoms with van der Waals surface area (Å²) in [6.45, 7) is 4.59. The number of aromatic amines is 1. The van der Waals surface area contributed by atoms with Gasteiger partial charge in [0.15, 0.2) is 0 Å². The quantitative estimate of drug-likeness (QED) is 0.710. The third-order valence-electron chi connectivity index (χ3n) is 3.96. The van der Waals surface area contributed by atoms with Crippen LogP contribution in [0.4, 0.5) is 0 Å². The molecule has 2 rings (SSSR count). The molecule has 0 saturated heterocycles. The Morgan fingerprint density at radius 3 is 2.62 bits per heavy atom. The summed E-state index contributed by atoms with van der Waals surface area (Å²) in [6.07, 6.45) is 12.1. The van der Waals surface area contributed by atoms with E-state index in [1.165, 1.54) is 63.5 Å². The van der Waals surface area contributed by atoms with E-state index in [0.29, 0.717) is 0 Å². The lowest BCUT2D eigenvalue weighted by Crippen LogP contribution is -2.00. The predicted octanol–water partition coefficient (Wildman–Crippen LogP) is 4.32. The Labute approximate surface area is 99.6 Å². The van der Waals surface area contributed by atoms with Gasteiger partial charge in [-0.2, -0.15) is 0 Å². The van der Waals surface area contributed by atoms with Crippen molar-refractivity contribution in [2.24, 2.45) is 0 Å². The Morgan fingerprint density at radius 2 is 1.88 bits per heavy atom. The number of nitrogens with one attached hydrogen (secondary N) is 1. The number of aromatic nitrogens is 1. The van der Waals surface area contributed by atoms with Crippen molar-refractivity contribution >= 4 is 0 Å². The molecule has 0 aromatic carbocycles. The summed E-state index contributed by atoms with van der Waals surface area (Å²) >= 11 is 0. The van der Waals surface area contributed by atoms with Gasteiger partial charge in [-0.3, -0.25) is 0 Å². The molecule has 1 aliphatic carbocycles. The van der Waals surface area contributed by atoms with Gasteiger partial charge in [-0.1, -0.05) is 26.2 Å². The number of rotatable bonds is 5. The zero-order valence-electron chi connectivity index (χ0n) is 10.9. The maximum Gasteiger partial charge on any atom is 0.0184 e. The van der Waals surface area contributed by atoms with Crippen LogP contribution in [0.3, 0.4) is 0 Å². The molecule has 0 unspecified atom stereocenters. The molecule has 0 amide bonds. The van der Waals surface area contributed by atoms with Crippen molar-refractivity contribution in [2.45, 2.75) is 71.6 Å². The smallest absolute Gasteiger partial charge is 0.0184 e. The van der Waals surface area contributed by atoms with Crippen LogP contribution in [0.2, 0.25) is 0 Å². The summed E-state index contributed by atoms with van der Waals surface area (Å²) in [7, 11) is 0. The van der Waals surface area contributed by atoms with E-state index in [0.717, 1.165) is 0 Å². The molecular formula is C15H25N. The Morgan fingerprint density at radius 1 is 1.06 bits per heavy atom. The molecule has 1 aromatic heterocycles. The van der Waals surface area contributed by atoms with Crippen molar-refractivity contribution < 1.29 is 0 Å². The van der Waals surface area contributed by atoms with Crippen molar-refractivity contribution in [1.82, 2.24) is 4.98 Å². The average Bonchev–Trinajstić information content (AvgIpc) is 2.63. The number of fused-ring (bicyclic) bond motifs is 1. The molecule has 0 radical (unpaired) electrons. The third kappa shape index (κ3) is 2.50. The molecule has 1 heteroatoms. The van der Waals surface area contributed by atoms with Gasteiger partial charge in [-0.25, -0.2) is 0 Å². The van der Waals surface area contributed by atoms with E-state index in [-0.39, 0.29) is 0 Å². The summed E-state index contributed by atoms with van der Waals surface area (Å²) in [4.78, 5) is 3.68. The van der Waals surface area contributed by atoms with Crippen LogP contribution in [0.25, 0.3) is 0 Å². The first-order chi connectivity index (χ1) is 7.83. The summed E-state index contributed by atoms with van der Waals surface area (Å²) < 4.78 is 0. The second kappa shape index (κ2) is 5.56. The van der Waals surface area contributed by atoms with E-state index in [1.807, 2.05) is 0 Å². The van der Waals surface area contributed by atoms with E-state index in [2.05, 4.69) is 18.8 Å².